The van der Waals surface area contributed by atoms with Crippen molar-refractivity contribution in [2.45, 2.75) is 139 Å². The van der Waals surface area contributed by atoms with Crippen LogP contribution in [-0.4, -0.2) is 95.1 Å². The Hall–Kier alpha value is -5.31. The maximum Gasteiger partial charge on any atom is 0.257 e. The van der Waals surface area contributed by atoms with E-state index in [-0.39, 0.29) is 11.7 Å². The summed E-state index contributed by atoms with van der Waals surface area (Å²) in [6.45, 7) is 5.60. The summed E-state index contributed by atoms with van der Waals surface area (Å²) in [6.07, 6.45) is 30.5. The van der Waals surface area contributed by atoms with E-state index in [1.54, 1.807) is 53.9 Å². The van der Waals surface area contributed by atoms with Gasteiger partial charge in [-0.2, -0.15) is 0 Å². The van der Waals surface area contributed by atoms with Gasteiger partial charge in [-0.1, -0.05) is 49.3 Å². The van der Waals surface area contributed by atoms with Crippen LogP contribution in [0.2, 0.25) is 0 Å². The molecule has 0 spiro atoms. The summed E-state index contributed by atoms with van der Waals surface area (Å²) in [5, 5.41) is 7.64. The summed E-state index contributed by atoms with van der Waals surface area (Å²) in [5.41, 5.74) is 9.71. The summed E-state index contributed by atoms with van der Waals surface area (Å²) < 4.78 is 42.0. The molecular formula is C71H92FN5O6S. The van der Waals surface area contributed by atoms with Crippen LogP contribution in [0.1, 0.15) is 154 Å². The van der Waals surface area contributed by atoms with Gasteiger partial charge in [0.15, 0.2) is 5.13 Å². The lowest BCUT2D eigenvalue weighted by Gasteiger charge is -2.43. The predicted octanol–water partition coefficient (Wildman–Crippen LogP) is 15.3. The van der Waals surface area contributed by atoms with Crippen LogP contribution >= 0.6 is 11.3 Å². The number of amides is 1. The molecule has 9 aliphatic rings. The Kier molecular flexibility index (Phi) is 18.8. The number of carbonyl (C=O) groups excluding carboxylic acids is 1. The first-order valence-electron chi connectivity index (χ1n) is 32.1. The van der Waals surface area contributed by atoms with E-state index >= 15 is 0 Å². The Balaban J connectivity index is 0.000000127. The Morgan fingerprint density at radius 2 is 1.35 bits per heavy atom. The van der Waals surface area contributed by atoms with Crippen LogP contribution in [0.5, 0.6) is 23.0 Å². The zero-order valence-electron chi connectivity index (χ0n) is 50.6. The van der Waals surface area contributed by atoms with Crippen molar-refractivity contribution < 1.29 is 32.9 Å². The van der Waals surface area contributed by atoms with E-state index < -0.39 is 5.60 Å². The fraction of sp³-hybridized carbons (Fsp3) is 0.577. The van der Waals surface area contributed by atoms with Crippen LogP contribution in [0.4, 0.5) is 9.52 Å². The van der Waals surface area contributed by atoms with Crippen molar-refractivity contribution in [3.05, 3.63) is 131 Å². The number of anilines is 1. The standard InChI is InChI=1S/C30H34N2O2S.C21H31NO2.C20H27FN2O2/c1-34-28-13-12-24(20-4-10-23(11-5-20)29(33)32-30-31-14-15-35-30)18-27(28)22-8-6-21(7-9-22)26-17-19-2-3-25(26)16-19;1-23-19-5-6-20(21(13-19)24-2)16-7-9-22(10-8-16)14-18-12-15-3-4-17(18)11-15;1-24-19-6-5-16(21)13-17(19)20(25-2)7-9-23(10-8-20)22-18-12-14-3-4-15(18)11-14/h4-5,10-15,18-19,21-22,25-26H,2-3,6-9,16-17H2,1H3,(H,31,32,33);5-6,13,15-18H,3-4,7-12,14H2,1-2H3;3-6,13-15,18,22H,7-12H2,1-2H3/t19-,21?,22?,25-,26-;15-,17-,18?;14-,15-,18+/m000/s1. The number of rotatable bonds is 16. The van der Waals surface area contributed by atoms with E-state index in [1.807, 2.05) is 35.7 Å². The monoisotopic (exact) mass is 1160 g/mol. The van der Waals surface area contributed by atoms with Crippen molar-refractivity contribution in [1.29, 1.82) is 0 Å². The molecule has 450 valence electrons. The van der Waals surface area contributed by atoms with Crippen LogP contribution in [-0.2, 0) is 10.3 Å². The molecule has 6 bridgehead atoms. The average molecular weight is 1160 g/mol. The Bertz CT molecular complexity index is 3000. The van der Waals surface area contributed by atoms with Crippen LogP contribution in [0.25, 0.3) is 11.1 Å². The minimum atomic E-state index is -0.486. The smallest absolute Gasteiger partial charge is 0.257 e. The highest BCUT2D eigenvalue weighted by molar-refractivity contribution is 7.13. The van der Waals surface area contributed by atoms with Crippen molar-refractivity contribution in [1.82, 2.24) is 20.3 Å². The van der Waals surface area contributed by atoms with Gasteiger partial charge in [-0.15, -0.1) is 11.3 Å². The quantitative estimate of drug-likeness (QED) is 0.0928. The minimum Gasteiger partial charge on any atom is -0.497 e. The first-order chi connectivity index (χ1) is 41.1. The molecular weight excluding hydrogens is 1070 g/mol. The normalized spacial score (nSPS) is 29.4. The molecule has 13 heteroatoms. The molecule has 3 heterocycles. The molecule has 6 saturated carbocycles. The van der Waals surface area contributed by atoms with E-state index in [2.05, 4.69) is 68.1 Å². The number of fused-ring (bicyclic) bond motifs is 6. The minimum absolute atomic E-state index is 0.130. The highest BCUT2D eigenvalue weighted by Crippen LogP contribution is 2.55. The summed E-state index contributed by atoms with van der Waals surface area (Å²) in [7, 11) is 8.61. The molecule has 84 heavy (non-hydrogen) atoms. The number of hydrazine groups is 1. The molecule has 5 aromatic rings. The predicted molar refractivity (Wildman–Crippen MR) is 334 cm³/mol. The number of carbonyl (C=O) groups is 1. The summed E-state index contributed by atoms with van der Waals surface area (Å²) in [5.74, 6) is 13.0. The van der Waals surface area contributed by atoms with Gasteiger partial charge in [0.25, 0.3) is 5.91 Å². The molecule has 0 radical (unpaired) electrons. The fourth-order valence-corrected chi connectivity index (χ4v) is 18.0. The number of hydrogen-bond donors (Lipinski definition) is 2. The number of aromatic nitrogens is 1. The lowest BCUT2D eigenvalue weighted by atomic mass is 9.69. The van der Waals surface area contributed by atoms with Crippen LogP contribution in [0, 0.1) is 59.1 Å². The van der Waals surface area contributed by atoms with E-state index in [0.717, 1.165) is 102 Å². The number of halogens is 1. The summed E-state index contributed by atoms with van der Waals surface area (Å²) >= 11 is 1.42. The number of nitrogens with one attached hydrogen (secondary N) is 2. The second kappa shape index (κ2) is 26.8. The largest absolute Gasteiger partial charge is 0.497 e. The van der Waals surface area contributed by atoms with Crippen LogP contribution < -0.4 is 29.7 Å². The number of benzene rings is 4. The molecule has 2 aliphatic heterocycles. The number of piperidine rings is 2. The number of thiazole rings is 1. The van der Waals surface area contributed by atoms with Gasteiger partial charge in [0.05, 0.1) is 34.0 Å². The molecule has 1 amide bonds. The van der Waals surface area contributed by atoms with E-state index in [4.69, 9.17) is 23.7 Å². The molecule has 11 nitrogen and oxygen atoms in total. The molecule has 2 N–H and O–H groups in total. The van der Waals surface area contributed by atoms with Gasteiger partial charge in [-0.3, -0.25) is 15.5 Å². The van der Waals surface area contributed by atoms with Gasteiger partial charge in [0.2, 0.25) is 0 Å². The third kappa shape index (κ3) is 13.2. The Morgan fingerprint density at radius 3 is 1.96 bits per heavy atom. The highest BCUT2D eigenvalue weighted by Gasteiger charge is 2.45. The number of allylic oxidation sites excluding steroid dienone is 1. The lowest BCUT2D eigenvalue weighted by Crippen LogP contribution is -2.53. The van der Waals surface area contributed by atoms with Gasteiger partial charge >= 0.3 is 0 Å². The maximum absolute atomic E-state index is 13.8. The van der Waals surface area contributed by atoms with Gasteiger partial charge in [-0.25, -0.2) is 14.4 Å². The number of nitrogens with zero attached hydrogens (tertiary/aromatic N) is 3. The summed E-state index contributed by atoms with van der Waals surface area (Å²) in [6, 6.07) is 26.0. The zero-order chi connectivity index (χ0) is 57.7. The molecule has 14 rings (SSSR count). The third-order valence-corrected chi connectivity index (χ3v) is 22.7. The highest BCUT2D eigenvalue weighted by atomic mass is 32.1. The van der Waals surface area contributed by atoms with Crippen molar-refractivity contribution in [3.8, 4) is 34.1 Å². The SMILES string of the molecule is COc1ccc(-c2ccc(C(=O)Nc3nccs3)cc2)cc1C1CCC([C@@H]2C[C@H]3CC[C@H]2C3)CC1.COc1ccc(C2CCN(CC3C[C@H]4CC[C@H]3C4)CC2)c(OC)c1.COc1ccc(F)cc1C1(OC)CCN(N[C@@H]2C[C@H]3C=C[C@H]2C3)CC1. The first-order valence-corrected chi connectivity index (χ1v) is 33.0. The van der Waals surface area contributed by atoms with Crippen LogP contribution in [0.3, 0.4) is 0 Å². The van der Waals surface area contributed by atoms with Crippen molar-refractivity contribution in [2.75, 3.05) is 73.6 Å². The third-order valence-electron chi connectivity index (χ3n) is 22.1. The molecule has 1 unspecified atom stereocenters. The first kappa shape index (κ1) is 59.0. The van der Waals surface area contributed by atoms with E-state index in [1.165, 1.54) is 156 Å². The van der Waals surface area contributed by atoms with Crippen molar-refractivity contribution in [2.24, 2.45) is 53.3 Å². The van der Waals surface area contributed by atoms with Gasteiger partial charge in [0, 0.05) is 61.6 Å². The van der Waals surface area contributed by atoms with E-state index in [0.29, 0.717) is 40.2 Å². The van der Waals surface area contributed by atoms with Gasteiger partial charge in [-0.05, 0) is 252 Å². The van der Waals surface area contributed by atoms with Gasteiger partial charge in [0.1, 0.15) is 28.8 Å². The second-order valence-electron chi connectivity index (χ2n) is 26.4. The van der Waals surface area contributed by atoms with Crippen LogP contribution in [0.15, 0.2) is 103 Å². The molecule has 1 aromatic heterocycles. The molecule has 7 aliphatic carbocycles. The number of hydrogen-bond acceptors (Lipinski definition) is 11. The van der Waals surface area contributed by atoms with Gasteiger partial charge < -0.3 is 28.6 Å². The lowest BCUT2D eigenvalue weighted by molar-refractivity contribution is -0.0758. The number of methoxy groups -OCH3 is 5. The molecule has 2 saturated heterocycles. The zero-order valence-corrected chi connectivity index (χ0v) is 51.4. The molecule has 9 atom stereocenters. The average Bonchev–Trinajstić information content (AvgIpc) is 3.61. The topological polar surface area (TPSA) is 107 Å². The van der Waals surface area contributed by atoms with Crippen molar-refractivity contribution >= 4 is 22.4 Å². The maximum atomic E-state index is 13.8. The fourth-order valence-electron chi connectivity index (χ4n) is 17.5. The second-order valence-corrected chi connectivity index (χ2v) is 27.3. The summed E-state index contributed by atoms with van der Waals surface area (Å²) in [4.78, 5) is 19.4. The number of ether oxygens (including phenoxy) is 5. The number of likely N-dealkylation sites (tertiary alicyclic amines) is 1. The van der Waals surface area contributed by atoms with E-state index in [9.17, 15) is 9.18 Å². The molecule has 8 fully saturated rings. The van der Waals surface area contributed by atoms with Crippen molar-refractivity contribution in [3.63, 3.8) is 0 Å². The Labute approximate surface area is 503 Å². The molecule has 4 aromatic carbocycles. The Morgan fingerprint density at radius 1 is 0.643 bits per heavy atom.